The third kappa shape index (κ3) is 6.58. The summed E-state index contributed by atoms with van der Waals surface area (Å²) >= 11 is 3.34. The SMILES string of the molecule is Cc1cccc(OC(C)C(=O)NCCC(=O)Nc2ccc(Br)cc2)c1. The number of nitrogens with one attached hydrogen (secondary N) is 2. The molecule has 0 aromatic heterocycles. The fourth-order valence-corrected chi connectivity index (χ4v) is 2.41. The van der Waals surface area contributed by atoms with E-state index in [0.717, 1.165) is 15.7 Å². The van der Waals surface area contributed by atoms with Gasteiger partial charge >= 0.3 is 0 Å². The molecule has 2 aromatic rings. The van der Waals surface area contributed by atoms with E-state index in [0.29, 0.717) is 5.75 Å². The van der Waals surface area contributed by atoms with Crippen molar-refractivity contribution in [3.63, 3.8) is 0 Å². The van der Waals surface area contributed by atoms with Crippen LogP contribution in [0.2, 0.25) is 0 Å². The zero-order chi connectivity index (χ0) is 18.2. The average Bonchev–Trinajstić information content (AvgIpc) is 2.57. The lowest BCUT2D eigenvalue weighted by Crippen LogP contribution is -2.37. The minimum atomic E-state index is -0.628. The maximum atomic E-state index is 12.0. The number of rotatable bonds is 7. The van der Waals surface area contributed by atoms with E-state index in [4.69, 9.17) is 4.74 Å². The fraction of sp³-hybridized carbons (Fsp3) is 0.263. The van der Waals surface area contributed by atoms with Crippen LogP contribution in [0.3, 0.4) is 0 Å². The Balaban J connectivity index is 1.72. The molecule has 0 heterocycles. The molecular formula is C19H21BrN2O3. The molecule has 2 amide bonds. The van der Waals surface area contributed by atoms with Gasteiger partial charge in [0.2, 0.25) is 5.91 Å². The monoisotopic (exact) mass is 404 g/mol. The second-order valence-corrected chi connectivity index (χ2v) is 6.59. The maximum absolute atomic E-state index is 12.0. The van der Waals surface area contributed by atoms with Gasteiger partial charge in [-0.05, 0) is 55.8 Å². The van der Waals surface area contributed by atoms with E-state index in [2.05, 4.69) is 26.6 Å². The first kappa shape index (κ1) is 19.0. The van der Waals surface area contributed by atoms with Gasteiger partial charge in [-0.15, -0.1) is 0 Å². The number of carbonyl (C=O) groups excluding carboxylic acids is 2. The Bertz CT molecular complexity index is 732. The van der Waals surface area contributed by atoms with Gasteiger partial charge in [0.15, 0.2) is 6.10 Å². The van der Waals surface area contributed by atoms with Gasteiger partial charge in [-0.1, -0.05) is 28.1 Å². The molecule has 0 spiro atoms. The van der Waals surface area contributed by atoms with Crippen molar-refractivity contribution in [2.75, 3.05) is 11.9 Å². The van der Waals surface area contributed by atoms with Gasteiger partial charge in [-0.3, -0.25) is 9.59 Å². The van der Waals surface area contributed by atoms with Crippen molar-refractivity contribution in [3.05, 3.63) is 58.6 Å². The Labute approximate surface area is 155 Å². The first-order valence-electron chi connectivity index (χ1n) is 8.00. The highest BCUT2D eigenvalue weighted by Gasteiger charge is 2.14. The molecule has 0 bridgehead atoms. The Morgan fingerprint density at radius 3 is 2.56 bits per heavy atom. The molecule has 0 aliphatic carbocycles. The number of carbonyl (C=O) groups is 2. The van der Waals surface area contributed by atoms with Crippen molar-refractivity contribution >= 4 is 33.4 Å². The number of hydrogen-bond donors (Lipinski definition) is 2. The normalized spacial score (nSPS) is 11.5. The van der Waals surface area contributed by atoms with Gasteiger partial charge in [0, 0.05) is 23.1 Å². The Hall–Kier alpha value is -2.34. The highest BCUT2D eigenvalue weighted by atomic mass is 79.9. The van der Waals surface area contributed by atoms with Gasteiger partial charge in [-0.25, -0.2) is 0 Å². The molecular weight excluding hydrogens is 384 g/mol. The largest absolute Gasteiger partial charge is 0.481 e. The topological polar surface area (TPSA) is 67.4 Å². The zero-order valence-electron chi connectivity index (χ0n) is 14.2. The molecule has 0 aliphatic rings. The number of amides is 2. The van der Waals surface area contributed by atoms with Crippen LogP contribution in [0, 0.1) is 6.92 Å². The Kier molecular flexibility index (Phi) is 7.01. The summed E-state index contributed by atoms with van der Waals surface area (Å²) in [6.45, 7) is 3.89. The first-order chi connectivity index (χ1) is 11.9. The third-order valence-electron chi connectivity index (χ3n) is 3.45. The van der Waals surface area contributed by atoms with Crippen LogP contribution in [0.4, 0.5) is 5.69 Å². The minimum absolute atomic E-state index is 0.158. The summed E-state index contributed by atoms with van der Waals surface area (Å²) in [5, 5.41) is 5.49. The second-order valence-electron chi connectivity index (χ2n) is 5.67. The molecule has 25 heavy (non-hydrogen) atoms. The highest BCUT2D eigenvalue weighted by Crippen LogP contribution is 2.15. The molecule has 0 aliphatic heterocycles. The van der Waals surface area contributed by atoms with E-state index in [1.807, 2.05) is 43.3 Å². The van der Waals surface area contributed by atoms with Crippen LogP contribution in [-0.4, -0.2) is 24.5 Å². The summed E-state index contributed by atoms with van der Waals surface area (Å²) in [7, 11) is 0. The van der Waals surface area contributed by atoms with Crippen LogP contribution in [0.5, 0.6) is 5.75 Å². The molecule has 5 nitrogen and oxygen atoms in total. The number of halogens is 1. The van der Waals surface area contributed by atoms with Crippen molar-refractivity contribution in [2.24, 2.45) is 0 Å². The summed E-state index contributed by atoms with van der Waals surface area (Å²) in [6, 6.07) is 14.8. The van der Waals surface area contributed by atoms with Crippen LogP contribution < -0.4 is 15.4 Å². The lowest BCUT2D eigenvalue weighted by Gasteiger charge is -2.15. The van der Waals surface area contributed by atoms with E-state index in [-0.39, 0.29) is 24.8 Å². The third-order valence-corrected chi connectivity index (χ3v) is 3.98. The van der Waals surface area contributed by atoms with Crippen LogP contribution in [0.25, 0.3) is 0 Å². The maximum Gasteiger partial charge on any atom is 0.260 e. The molecule has 1 atom stereocenters. The summed E-state index contributed by atoms with van der Waals surface area (Å²) in [6.07, 6.45) is -0.435. The van der Waals surface area contributed by atoms with Gasteiger partial charge in [0.05, 0.1) is 0 Å². The second kappa shape index (κ2) is 9.22. The van der Waals surface area contributed by atoms with Crippen LogP contribution in [0.1, 0.15) is 18.9 Å². The Morgan fingerprint density at radius 1 is 1.16 bits per heavy atom. The Morgan fingerprint density at radius 2 is 1.88 bits per heavy atom. The van der Waals surface area contributed by atoms with Crippen molar-refractivity contribution in [1.82, 2.24) is 5.32 Å². The van der Waals surface area contributed by atoms with Gasteiger partial charge in [0.1, 0.15) is 5.75 Å². The van der Waals surface area contributed by atoms with Crippen molar-refractivity contribution in [3.8, 4) is 5.75 Å². The van der Waals surface area contributed by atoms with Crippen molar-refractivity contribution in [1.29, 1.82) is 0 Å². The molecule has 1 unspecified atom stereocenters. The number of aryl methyl sites for hydroxylation is 1. The quantitative estimate of drug-likeness (QED) is 0.739. The standard InChI is InChI=1S/C19H21BrN2O3/c1-13-4-3-5-17(12-13)25-14(2)19(24)21-11-10-18(23)22-16-8-6-15(20)7-9-16/h3-9,12,14H,10-11H2,1-2H3,(H,21,24)(H,22,23). The molecule has 2 N–H and O–H groups in total. The predicted molar refractivity (Wildman–Crippen MR) is 102 cm³/mol. The molecule has 0 saturated heterocycles. The first-order valence-corrected chi connectivity index (χ1v) is 8.80. The number of benzene rings is 2. The summed E-state index contributed by atoms with van der Waals surface area (Å²) in [5.74, 6) is 0.239. The van der Waals surface area contributed by atoms with Gasteiger partial charge < -0.3 is 15.4 Å². The zero-order valence-corrected chi connectivity index (χ0v) is 15.8. The smallest absolute Gasteiger partial charge is 0.260 e. The van der Waals surface area contributed by atoms with E-state index in [1.165, 1.54) is 0 Å². The minimum Gasteiger partial charge on any atom is -0.481 e. The van der Waals surface area contributed by atoms with Crippen molar-refractivity contribution in [2.45, 2.75) is 26.4 Å². The lowest BCUT2D eigenvalue weighted by molar-refractivity contribution is -0.127. The molecule has 0 fully saturated rings. The van der Waals surface area contributed by atoms with E-state index in [1.54, 1.807) is 19.1 Å². The van der Waals surface area contributed by atoms with Gasteiger partial charge in [-0.2, -0.15) is 0 Å². The molecule has 0 radical (unpaired) electrons. The van der Waals surface area contributed by atoms with Crippen LogP contribution in [-0.2, 0) is 9.59 Å². The van der Waals surface area contributed by atoms with Crippen LogP contribution >= 0.6 is 15.9 Å². The molecule has 2 rings (SSSR count). The highest BCUT2D eigenvalue weighted by molar-refractivity contribution is 9.10. The van der Waals surface area contributed by atoms with Crippen molar-refractivity contribution < 1.29 is 14.3 Å². The molecule has 2 aromatic carbocycles. The predicted octanol–water partition coefficient (Wildman–Crippen LogP) is 3.67. The fourth-order valence-electron chi connectivity index (χ4n) is 2.15. The summed E-state index contributed by atoms with van der Waals surface area (Å²) < 4.78 is 6.55. The molecule has 6 heteroatoms. The van der Waals surface area contributed by atoms with E-state index >= 15 is 0 Å². The van der Waals surface area contributed by atoms with E-state index in [9.17, 15) is 9.59 Å². The van der Waals surface area contributed by atoms with Gasteiger partial charge in [0.25, 0.3) is 5.91 Å². The lowest BCUT2D eigenvalue weighted by atomic mass is 10.2. The summed E-state index contributed by atoms with van der Waals surface area (Å²) in [5.41, 5.74) is 1.78. The molecule has 132 valence electrons. The average molecular weight is 405 g/mol. The van der Waals surface area contributed by atoms with Crippen LogP contribution in [0.15, 0.2) is 53.0 Å². The van der Waals surface area contributed by atoms with E-state index < -0.39 is 6.10 Å². The number of hydrogen-bond acceptors (Lipinski definition) is 3. The summed E-state index contributed by atoms with van der Waals surface area (Å²) in [4.78, 5) is 23.9. The number of ether oxygens (including phenoxy) is 1. The number of anilines is 1. The molecule has 0 saturated carbocycles.